The molecule has 0 saturated carbocycles. The SMILES string of the molecule is CCCCCCCCCCCCCCCCCCNC(=O)N1CCCC(OC(=O)NCCCN(C)C)C1. The number of hydrogen-bond acceptors (Lipinski definition) is 4. The molecule has 2 N–H and O–H groups in total. The zero-order chi connectivity index (χ0) is 27.0. The van der Waals surface area contributed by atoms with E-state index in [1.807, 2.05) is 14.1 Å². The normalized spacial score (nSPS) is 15.7. The van der Waals surface area contributed by atoms with Crippen LogP contribution in [0.5, 0.6) is 0 Å². The number of unbranched alkanes of at least 4 members (excludes halogenated alkanes) is 15. The number of carbonyl (C=O) groups excluding carboxylic acids is 2. The van der Waals surface area contributed by atoms with Gasteiger partial charge < -0.3 is 25.2 Å². The lowest BCUT2D eigenvalue weighted by Gasteiger charge is -2.32. The Morgan fingerprint density at radius 3 is 1.81 bits per heavy atom. The van der Waals surface area contributed by atoms with Crippen LogP contribution in [0.3, 0.4) is 0 Å². The van der Waals surface area contributed by atoms with Crippen LogP contribution in [0.25, 0.3) is 0 Å². The zero-order valence-electron chi connectivity index (χ0n) is 24.7. The number of nitrogens with one attached hydrogen (secondary N) is 2. The fourth-order valence-corrected chi connectivity index (χ4v) is 4.98. The molecule has 0 aromatic rings. The van der Waals surface area contributed by atoms with Crippen LogP contribution in [-0.4, -0.2) is 74.8 Å². The van der Waals surface area contributed by atoms with Gasteiger partial charge in [-0.3, -0.25) is 0 Å². The van der Waals surface area contributed by atoms with Crippen molar-refractivity contribution < 1.29 is 14.3 Å². The van der Waals surface area contributed by atoms with Gasteiger partial charge in [-0.2, -0.15) is 0 Å². The van der Waals surface area contributed by atoms with Crippen LogP contribution >= 0.6 is 0 Å². The fourth-order valence-electron chi connectivity index (χ4n) is 4.98. The molecule has 1 aliphatic heterocycles. The van der Waals surface area contributed by atoms with E-state index in [0.717, 1.165) is 45.3 Å². The highest BCUT2D eigenvalue weighted by atomic mass is 16.6. The van der Waals surface area contributed by atoms with Gasteiger partial charge in [0.1, 0.15) is 6.10 Å². The highest BCUT2D eigenvalue weighted by Gasteiger charge is 2.26. The highest BCUT2D eigenvalue weighted by molar-refractivity contribution is 5.74. The van der Waals surface area contributed by atoms with Crippen molar-refractivity contribution in [1.82, 2.24) is 20.4 Å². The molecule has 1 rings (SSSR count). The van der Waals surface area contributed by atoms with Gasteiger partial charge in [0.2, 0.25) is 0 Å². The van der Waals surface area contributed by atoms with E-state index in [9.17, 15) is 9.59 Å². The maximum atomic E-state index is 12.5. The molecule has 37 heavy (non-hydrogen) atoms. The first-order valence-corrected chi connectivity index (χ1v) is 15.6. The van der Waals surface area contributed by atoms with Crippen LogP contribution in [0.15, 0.2) is 0 Å². The van der Waals surface area contributed by atoms with E-state index in [4.69, 9.17) is 4.74 Å². The zero-order valence-corrected chi connectivity index (χ0v) is 24.7. The monoisotopic (exact) mass is 524 g/mol. The Bertz CT molecular complexity index is 559. The number of likely N-dealkylation sites (tertiary alicyclic amines) is 1. The van der Waals surface area contributed by atoms with Gasteiger partial charge in [0.15, 0.2) is 0 Å². The number of urea groups is 1. The lowest BCUT2D eigenvalue weighted by Crippen LogP contribution is -2.49. The third-order valence-electron chi connectivity index (χ3n) is 7.30. The molecule has 1 aliphatic rings. The molecule has 1 unspecified atom stereocenters. The molecule has 1 saturated heterocycles. The molecule has 1 atom stereocenters. The second kappa shape index (κ2) is 23.6. The Hall–Kier alpha value is -1.50. The van der Waals surface area contributed by atoms with Crippen LogP contribution in [0.2, 0.25) is 0 Å². The smallest absolute Gasteiger partial charge is 0.407 e. The Labute approximate surface area is 228 Å². The molecule has 3 amide bonds. The third kappa shape index (κ3) is 20.2. The summed E-state index contributed by atoms with van der Waals surface area (Å²) in [4.78, 5) is 28.4. The van der Waals surface area contributed by atoms with Gasteiger partial charge in [-0.25, -0.2) is 9.59 Å². The van der Waals surface area contributed by atoms with E-state index in [2.05, 4.69) is 22.5 Å². The van der Waals surface area contributed by atoms with Crippen molar-refractivity contribution in [2.75, 3.05) is 46.8 Å². The summed E-state index contributed by atoms with van der Waals surface area (Å²) in [5.41, 5.74) is 0. The molecule has 1 fully saturated rings. The van der Waals surface area contributed by atoms with E-state index >= 15 is 0 Å². The van der Waals surface area contributed by atoms with Crippen molar-refractivity contribution in [3.8, 4) is 0 Å². The first-order chi connectivity index (χ1) is 18.0. The van der Waals surface area contributed by atoms with Crippen molar-refractivity contribution in [1.29, 1.82) is 0 Å². The third-order valence-corrected chi connectivity index (χ3v) is 7.30. The van der Waals surface area contributed by atoms with Crippen molar-refractivity contribution in [3.05, 3.63) is 0 Å². The van der Waals surface area contributed by atoms with Gasteiger partial charge in [0.05, 0.1) is 6.54 Å². The number of rotatable bonds is 22. The first-order valence-electron chi connectivity index (χ1n) is 15.6. The fraction of sp³-hybridized carbons (Fsp3) is 0.933. The lowest BCUT2D eigenvalue weighted by atomic mass is 10.0. The summed E-state index contributed by atoms with van der Waals surface area (Å²) >= 11 is 0. The van der Waals surface area contributed by atoms with E-state index in [0.29, 0.717) is 13.1 Å². The predicted octanol–water partition coefficient (Wildman–Crippen LogP) is 7.10. The number of ether oxygens (including phenoxy) is 1. The van der Waals surface area contributed by atoms with E-state index in [-0.39, 0.29) is 18.2 Å². The Kier molecular flexibility index (Phi) is 21.4. The molecular formula is C30H60N4O3. The summed E-state index contributed by atoms with van der Waals surface area (Å²) in [5.74, 6) is 0. The average Bonchev–Trinajstić information content (AvgIpc) is 2.88. The molecule has 0 aromatic carbocycles. The van der Waals surface area contributed by atoms with E-state index in [1.54, 1.807) is 4.90 Å². The van der Waals surface area contributed by atoms with Crippen molar-refractivity contribution in [2.24, 2.45) is 0 Å². The molecule has 0 aromatic heterocycles. The maximum Gasteiger partial charge on any atom is 0.407 e. The van der Waals surface area contributed by atoms with Crippen LogP contribution < -0.4 is 10.6 Å². The van der Waals surface area contributed by atoms with Crippen LogP contribution in [0.4, 0.5) is 9.59 Å². The van der Waals surface area contributed by atoms with Gasteiger partial charge in [-0.05, 0) is 46.3 Å². The van der Waals surface area contributed by atoms with Gasteiger partial charge in [0.25, 0.3) is 0 Å². The minimum Gasteiger partial charge on any atom is -0.444 e. The van der Waals surface area contributed by atoms with Gasteiger partial charge in [0, 0.05) is 19.6 Å². The summed E-state index contributed by atoms with van der Waals surface area (Å²) in [5, 5.41) is 5.86. The van der Waals surface area contributed by atoms with Crippen LogP contribution in [-0.2, 0) is 4.74 Å². The minimum atomic E-state index is -0.376. The summed E-state index contributed by atoms with van der Waals surface area (Å²) in [6.45, 7) is 5.75. The number of carbonyl (C=O) groups is 2. The molecule has 1 heterocycles. The summed E-state index contributed by atoms with van der Waals surface area (Å²) in [7, 11) is 4.03. The number of hydrogen-bond donors (Lipinski definition) is 2. The second-order valence-corrected chi connectivity index (χ2v) is 11.2. The Balaban J connectivity index is 1.92. The van der Waals surface area contributed by atoms with E-state index < -0.39 is 0 Å². The molecule has 0 bridgehead atoms. The highest BCUT2D eigenvalue weighted by Crippen LogP contribution is 2.15. The van der Waals surface area contributed by atoms with Crippen molar-refractivity contribution in [3.63, 3.8) is 0 Å². The molecule has 0 radical (unpaired) electrons. The van der Waals surface area contributed by atoms with Crippen molar-refractivity contribution >= 4 is 12.1 Å². The number of piperidine rings is 1. The molecule has 7 nitrogen and oxygen atoms in total. The second-order valence-electron chi connectivity index (χ2n) is 11.2. The molecule has 218 valence electrons. The van der Waals surface area contributed by atoms with Gasteiger partial charge in [-0.1, -0.05) is 103 Å². The average molecular weight is 525 g/mol. The Morgan fingerprint density at radius 1 is 0.757 bits per heavy atom. The predicted molar refractivity (Wildman–Crippen MR) is 155 cm³/mol. The quantitative estimate of drug-likeness (QED) is 0.148. The standard InChI is InChI=1S/C30H60N4O3/c1-4-5-6-7-8-9-10-11-12-13-14-15-16-17-18-19-23-31-29(35)34-26-20-22-28(27-34)37-30(36)32-24-21-25-33(2)3/h28H,4-27H2,1-3H3,(H,31,35)(H,32,36). The maximum absolute atomic E-state index is 12.5. The molecule has 0 aliphatic carbocycles. The van der Waals surface area contributed by atoms with Gasteiger partial charge in [-0.15, -0.1) is 0 Å². The number of amides is 3. The van der Waals surface area contributed by atoms with E-state index in [1.165, 1.54) is 96.3 Å². The molecule has 0 spiro atoms. The lowest BCUT2D eigenvalue weighted by molar-refractivity contribution is 0.0524. The van der Waals surface area contributed by atoms with Crippen LogP contribution in [0, 0.1) is 0 Å². The van der Waals surface area contributed by atoms with Crippen LogP contribution in [0.1, 0.15) is 129 Å². The summed E-state index contributed by atoms with van der Waals surface area (Å²) < 4.78 is 5.53. The molecular weight excluding hydrogens is 464 g/mol. The summed E-state index contributed by atoms with van der Waals surface area (Å²) in [6, 6.07) is -0.0272. The topological polar surface area (TPSA) is 73.9 Å². The largest absolute Gasteiger partial charge is 0.444 e. The minimum absolute atomic E-state index is 0.0272. The van der Waals surface area contributed by atoms with Gasteiger partial charge >= 0.3 is 12.1 Å². The Morgan fingerprint density at radius 2 is 1.27 bits per heavy atom. The number of nitrogens with zero attached hydrogens (tertiary/aromatic N) is 2. The summed E-state index contributed by atoms with van der Waals surface area (Å²) in [6.07, 6.45) is 23.6. The first kappa shape index (κ1) is 33.5. The van der Waals surface area contributed by atoms with Crippen molar-refractivity contribution in [2.45, 2.75) is 135 Å². The number of alkyl carbamates (subject to hydrolysis) is 1. The molecule has 7 heteroatoms.